The molecular weight excluding hydrogens is 280 g/mol. The number of rotatable bonds is 4. The van der Waals surface area contributed by atoms with Gasteiger partial charge >= 0.3 is 6.01 Å². The SMILES string of the molecule is Clc1nc(OCC2CCCCO2)nc(N2CCCC2)n1. The topological polar surface area (TPSA) is 60.4 Å². The minimum atomic E-state index is 0.134. The Morgan fingerprint density at radius 2 is 2.00 bits per heavy atom. The van der Waals surface area contributed by atoms with Gasteiger partial charge in [-0.3, -0.25) is 0 Å². The van der Waals surface area contributed by atoms with Crippen LogP contribution in [0.1, 0.15) is 32.1 Å². The Morgan fingerprint density at radius 1 is 1.15 bits per heavy atom. The third-order valence-corrected chi connectivity index (χ3v) is 3.81. The highest BCUT2D eigenvalue weighted by molar-refractivity contribution is 6.28. The summed E-state index contributed by atoms with van der Waals surface area (Å²) in [5, 5.41) is 0.182. The molecule has 0 aromatic carbocycles. The highest BCUT2D eigenvalue weighted by atomic mass is 35.5. The molecule has 1 aromatic heterocycles. The lowest BCUT2D eigenvalue weighted by molar-refractivity contribution is -0.0129. The number of nitrogens with zero attached hydrogens (tertiary/aromatic N) is 4. The Morgan fingerprint density at radius 3 is 2.75 bits per heavy atom. The second-order valence-corrected chi connectivity index (χ2v) is 5.52. The Hall–Kier alpha value is -1.14. The number of halogens is 1. The summed E-state index contributed by atoms with van der Waals surface area (Å²) in [6, 6.07) is 0.293. The van der Waals surface area contributed by atoms with Crippen LogP contribution >= 0.6 is 11.6 Å². The van der Waals surface area contributed by atoms with Gasteiger partial charge in [0.15, 0.2) is 0 Å². The predicted octanol–water partition coefficient (Wildman–Crippen LogP) is 2.07. The molecule has 1 aromatic rings. The zero-order valence-electron chi connectivity index (χ0n) is 11.4. The normalized spacial score (nSPS) is 23.1. The number of hydrogen-bond donors (Lipinski definition) is 0. The maximum Gasteiger partial charge on any atom is 0.322 e. The molecule has 6 nitrogen and oxygen atoms in total. The summed E-state index contributed by atoms with van der Waals surface area (Å²) >= 11 is 5.95. The first-order valence-corrected chi connectivity index (χ1v) is 7.60. The van der Waals surface area contributed by atoms with Crippen LogP contribution in [0, 0.1) is 0 Å². The Balaban J connectivity index is 1.63. The van der Waals surface area contributed by atoms with E-state index in [0.29, 0.717) is 18.6 Å². The van der Waals surface area contributed by atoms with Gasteiger partial charge in [0.2, 0.25) is 11.2 Å². The lowest BCUT2D eigenvalue weighted by Crippen LogP contribution is -2.27. The first-order chi connectivity index (χ1) is 9.81. The van der Waals surface area contributed by atoms with E-state index in [-0.39, 0.29) is 11.4 Å². The van der Waals surface area contributed by atoms with Crippen molar-refractivity contribution in [2.24, 2.45) is 0 Å². The fourth-order valence-electron chi connectivity index (χ4n) is 2.55. The number of hydrogen-bond acceptors (Lipinski definition) is 6. The molecule has 2 aliphatic rings. The van der Waals surface area contributed by atoms with Gasteiger partial charge in [0, 0.05) is 19.7 Å². The van der Waals surface area contributed by atoms with Crippen LogP contribution in [-0.2, 0) is 4.74 Å². The molecule has 0 aliphatic carbocycles. The molecule has 0 amide bonds. The van der Waals surface area contributed by atoms with Crippen molar-refractivity contribution in [3.8, 4) is 6.01 Å². The Labute approximate surface area is 123 Å². The molecule has 0 radical (unpaired) electrons. The van der Waals surface area contributed by atoms with E-state index in [0.717, 1.165) is 45.4 Å². The quantitative estimate of drug-likeness (QED) is 0.848. The van der Waals surface area contributed by atoms with Crippen LogP contribution in [0.25, 0.3) is 0 Å². The van der Waals surface area contributed by atoms with Gasteiger partial charge in [-0.1, -0.05) is 0 Å². The van der Waals surface area contributed by atoms with Crippen molar-refractivity contribution in [3.05, 3.63) is 5.28 Å². The molecule has 0 bridgehead atoms. The Bertz CT molecular complexity index is 448. The van der Waals surface area contributed by atoms with Gasteiger partial charge in [-0.05, 0) is 43.7 Å². The second-order valence-electron chi connectivity index (χ2n) is 5.18. The molecule has 0 N–H and O–H groups in total. The van der Waals surface area contributed by atoms with Gasteiger partial charge in [-0.15, -0.1) is 0 Å². The molecule has 20 heavy (non-hydrogen) atoms. The maximum atomic E-state index is 5.95. The van der Waals surface area contributed by atoms with Gasteiger partial charge in [-0.25, -0.2) is 0 Å². The third-order valence-electron chi connectivity index (χ3n) is 3.64. The number of ether oxygens (including phenoxy) is 2. The fraction of sp³-hybridized carbons (Fsp3) is 0.769. The van der Waals surface area contributed by atoms with E-state index in [9.17, 15) is 0 Å². The molecule has 7 heteroatoms. The summed E-state index contributed by atoms with van der Waals surface area (Å²) in [5.41, 5.74) is 0. The minimum Gasteiger partial charge on any atom is -0.461 e. The lowest BCUT2D eigenvalue weighted by Gasteiger charge is -2.22. The van der Waals surface area contributed by atoms with E-state index >= 15 is 0 Å². The average Bonchev–Trinajstić information content (AvgIpc) is 3.00. The summed E-state index contributed by atoms with van der Waals surface area (Å²) in [5.74, 6) is 0.613. The van der Waals surface area contributed by atoms with Crippen molar-refractivity contribution >= 4 is 17.5 Å². The van der Waals surface area contributed by atoms with E-state index in [1.807, 2.05) is 0 Å². The smallest absolute Gasteiger partial charge is 0.322 e. The van der Waals surface area contributed by atoms with E-state index in [4.69, 9.17) is 21.1 Å². The molecular formula is C13H19ClN4O2. The van der Waals surface area contributed by atoms with Crippen LogP contribution in [0.4, 0.5) is 5.95 Å². The summed E-state index contributed by atoms with van der Waals surface area (Å²) < 4.78 is 11.2. The average molecular weight is 299 g/mol. The Kier molecular flexibility index (Phi) is 4.52. The number of aromatic nitrogens is 3. The molecule has 1 atom stereocenters. The second kappa shape index (κ2) is 6.54. The van der Waals surface area contributed by atoms with Gasteiger partial charge < -0.3 is 14.4 Å². The largest absolute Gasteiger partial charge is 0.461 e. The van der Waals surface area contributed by atoms with Crippen LogP contribution < -0.4 is 9.64 Å². The first-order valence-electron chi connectivity index (χ1n) is 7.22. The highest BCUT2D eigenvalue weighted by Gasteiger charge is 2.19. The van der Waals surface area contributed by atoms with Crippen molar-refractivity contribution in [3.63, 3.8) is 0 Å². The van der Waals surface area contributed by atoms with E-state index in [2.05, 4.69) is 19.9 Å². The minimum absolute atomic E-state index is 0.134. The lowest BCUT2D eigenvalue weighted by atomic mass is 10.1. The van der Waals surface area contributed by atoms with Crippen molar-refractivity contribution in [1.82, 2.24) is 15.0 Å². The van der Waals surface area contributed by atoms with Crippen LogP contribution in [0.5, 0.6) is 6.01 Å². The third kappa shape index (κ3) is 3.49. The zero-order chi connectivity index (χ0) is 13.8. The first kappa shape index (κ1) is 13.8. The molecule has 1 unspecified atom stereocenters. The standard InChI is InChI=1S/C13H19ClN4O2/c14-11-15-12(18-6-2-3-7-18)17-13(16-11)20-9-10-5-1-4-8-19-10/h10H,1-9H2. The maximum absolute atomic E-state index is 5.95. The van der Waals surface area contributed by atoms with Gasteiger partial charge in [0.25, 0.3) is 0 Å². The van der Waals surface area contributed by atoms with E-state index in [1.54, 1.807) is 0 Å². The molecule has 110 valence electrons. The van der Waals surface area contributed by atoms with Gasteiger partial charge in [0.1, 0.15) is 6.61 Å². The van der Waals surface area contributed by atoms with E-state index < -0.39 is 0 Å². The molecule has 2 fully saturated rings. The van der Waals surface area contributed by atoms with Crippen LogP contribution in [0.3, 0.4) is 0 Å². The summed E-state index contributed by atoms with van der Waals surface area (Å²) in [4.78, 5) is 14.6. The van der Waals surface area contributed by atoms with Gasteiger partial charge in [0.05, 0.1) is 6.10 Å². The summed E-state index contributed by atoms with van der Waals surface area (Å²) in [6.07, 6.45) is 5.80. The van der Waals surface area contributed by atoms with Crippen LogP contribution in [0.2, 0.25) is 5.28 Å². The molecule has 2 saturated heterocycles. The molecule has 3 heterocycles. The molecule has 0 spiro atoms. The fourth-order valence-corrected chi connectivity index (χ4v) is 2.70. The zero-order valence-corrected chi connectivity index (χ0v) is 12.2. The molecule has 3 rings (SSSR count). The van der Waals surface area contributed by atoms with Crippen molar-refractivity contribution in [2.45, 2.75) is 38.2 Å². The van der Waals surface area contributed by atoms with Crippen molar-refractivity contribution in [1.29, 1.82) is 0 Å². The molecule has 2 aliphatic heterocycles. The number of anilines is 1. The molecule has 0 saturated carbocycles. The summed E-state index contributed by atoms with van der Waals surface area (Å²) in [7, 11) is 0. The monoisotopic (exact) mass is 298 g/mol. The highest BCUT2D eigenvalue weighted by Crippen LogP contribution is 2.20. The predicted molar refractivity (Wildman–Crippen MR) is 75.4 cm³/mol. The summed E-state index contributed by atoms with van der Waals surface area (Å²) in [6.45, 7) is 3.21. The van der Waals surface area contributed by atoms with Crippen molar-refractivity contribution < 1.29 is 9.47 Å². The van der Waals surface area contributed by atoms with Crippen LogP contribution in [-0.4, -0.2) is 47.4 Å². The van der Waals surface area contributed by atoms with Crippen molar-refractivity contribution in [2.75, 3.05) is 31.2 Å². The van der Waals surface area contributed by atoms with E-state index in [1.165, 1.54) is 6.42 Å². The van der Waals surface area contributed by atoms with Crippen LogP contribution in [0.15, 0.2) is 0 Å². The van der Waals surface area contributed by atoms with Gasteiger partial charge in [-0.2, -0.15) is 15.0 Å².